The van der Waals surface area contributed by atoms with Gasteiger partial charge in [0.15, 0.2) is 0 Å². The molecular weight excluding hydrogens is 348 g/mol. The third kappa shape index (κ3) is 4.28. The number of hydrogen-bond acceptors (Lipinski definition) is 6. The number of benzene rings is 2. The number of carbonyl (C=O) groups is 2. The van der Waals surface area contributed by atoms with E-state index < -0.39 is 24.1 Å². The third-order valence-electron chi connectivity index (χ3n) is 4.36. The first-order chi connectivity index (χ1) is 13.0. The number of fused-ring (bicyclic) bond motifs is 1. The molecule has 0 unspecified atom stereocenters. The van der Waals surface area contributed by atoms with Crippen molar-refractivity contribution in [3.63, 3.8) is 0 Å². The number of hydrogen-bond donors (Lipinski definition) is 0. The number of esters is 2. The molecule has 27 heavy (non-hydrogen) atoms. The van der Waals surface area contributed by atoms with Crippen LogP contribution in [0.25, 0.3) is 10.8 Å². The van der Waals surface area contributed by atoms with Crippen molar-refractivity contribution in [2.75, 3.05) is 13.7 Å². The summed E-state index contributed by atoms with van der Waals surface area (Å²) in [5.74, 6) is -0.0565. The minimum absolute atomic E-state index is 0.00219. The minimum Gasteiger partial charge on any atom is -0.496 e. The molecular formula is C21H22O6. The molecule has 142 valence electrons. The van der Waals surface area contributed by atoms with E-state index in [2.05, 4.69) is 0 Å². The Balaban J connectivity index is 1.94. The first-order valence-corrected chi connectivity index (χ1v) is 8.69. The van der Waals surface area contributed by atoms with Crippen LogP contribution in [0.15, 0.2) is 48.6 Å². The summed E-state index contributed by atoms with van der Waals surface area (Å²) in [6, 6.07) is 11.7. The molecule has 2 aromatic carbocycles. The first-order valence-electron chi connectivity index (χ1n) is 8.69. The summed E-state index contributed by atoms with van der Waals surface area (Å²) < 4.78 is 22.0. The lowest BCUT2D eigenvalue weighted by Gasteiger charge is -2.32. The fourth-order valence-electron chi connectivity index (χ4n) is 3.18. The van der Waals surface area contributed by atoms with Gasteiger partial charge < -0.3 is 18.9 Å². The molecule has 0 N–H and O–H groups in total. The Morgan fingerprint density at radius 1 is 1.00 bits per heavy atom. The molecule has 0 fully saturated rings. The zero-order chi connectivity index (χ0) is 19.4. The number of ether oxygens (including phenoxy) is 4. The van der Waals surface area contributed by atoms with E-state index in [4.69, 9.17) is 18.9 Å². The minimum atomic E-state index is -0.609. The van der Waals surface area contributed by atoms with Gasteiger partial charge in [0.2, 0.25) is 0 Å². The van der Waals surface area contributed by atoms with Crippen LogP contribution in [-0.2, 0) is 23.8 Å². The van der Waals surface area contributed by atoms with Gasteiger partial charge in [-0.2, -0.15) is 0 Å². The van der Waals surface area contributed by atoms with Crippen LogP contribution in [0.5, 0.6) is 5.75 Å². The topological polar surface area (TPSA) is 71.1 Å². The second-order valence-corrected chi connectivity index (χ2v) is 6.26. The summed E-state index contributed by atoms with van der Waals surface area (Å²) in [4.78, 5) is 22.6. The lowest BCUT2D eigenvalue weighted by Crippen LogP contribution is -2.39. The normalized spacial score (nSPS) is 21.7. The molecule has 0 radical (unpaired) electrons. The van der Waals surface area contributed by atoms with E-state index in [0.29, 0.717) is 0 Å². The van der Waals surface area contributed by atoms with Gasteiger partial charge in [-0.1, -0.05) is 36.4 Å². The summed E-state index contributed by atoms with van der Waals surface area (Å²) in [6.45, 7) is 2.66. The van der Waals surface area contributed by atoms with Crippen molar-refractivity contribution in [1.82, 2.24) is 0 Å². The molecule has 0 amide bonds. The predicted octanol–water partition coefficient (Wildman–Crippen LogP) is 3.34. The Kier molecular flexibility index (Phi) is 5.76. The molecule has 1 heterocycles. The molecule has 6 heteroatoms. The highest BCUT2D eigenvalue weighted by atomic mass is 16.6. The van der Waals surface area contributed by atoms with Crippen LogP contribution in [0.4, 0.5) is 0 Å². The lowest BCUT2D eigenvalue weighted by atomic mass is 9.97. The van der Waals surface area contributed by atoms with Gasteiger partial charge in [-0.3, -0.25) is 9.59 Å². The van der Waals surface area contributed by atoms with Crippen molar-refractivity contribution in [1.29, 1.82) is 0 Å². The van der Waals surface area contributed by atoms with Crippen LogP contribution in [0.2, 0.25) is 0 Å². The smallest absolute Gasteiger partial charge is 0.303 e. The zero-order valence-corrected chi connectivity index (χ0v) is 15.5. The Morgan fingerprint density at radius 2 is 1.74 bits per heavy atom. The number of methoxy groups -OCH3 is 1. The van der Waals surface area contributed by atoms with Crippen LogP contribution in [0, 0.1) is 0 Å². The van der Waals surface area contributed by atoms with E-state index >= 15 is 0 Å². The van der Waals surface area contributed by atoms with Gasteiger partial charge in [0.1, 0.15) is 30.7 Å². The second-order valence-electron chi connectivity index (χ2n) is 6.26. The molecule has 0 aliphatic carbocycles. The van der Waals surface area contributed by atoms with Gasteiger partial charge in [-0.25, -0.2) is 0 Å². The van der Waals surface area contributed by atoms with Gasteiger partial charge in [-0.05, 0) is 23.1 Å². The maximum absolute atomic E-state index is 11.4. The summed E-state index contributed by atoms with van der Waals surface area (Å²) in [7, 11) is 1.64. The van der Waals surface area contributed by atoms with Crippen LogP contribution < -0.4 is 4.74 Å². The van der Waals surface area contributed by atoms with Gasteiger partial charge in [0.25, 0.3) is 0 Å². The largest absolute Gasteiger partial charge is 0.496 e. The van der Waals surface area contributed by atoms with Crippen molar-refractivity contribution in [2.45, 2.75) is 32.2 Å². The Morgan fingerprint density at radius 3 is 2.41 bits per heavy atom. The second kappa shape index (κ2) is 8.22. The van der Waals surface area contributed by atoms with Crippen molar-refractivity contribution in [3.8, 4) is 5.75 Å². The Bertz CT molecular complexity index is 872. The third-order valence-corrected chi connectivity index (χ3v) is 4.36. The number of rotatable bonds is 5. The van der Waals surface area contributed by atoms with Crippen molar-refractivity contribution in [2.24, 2.45) is 0 Å². The molecule has 0 spiro atoms. The van der Waals surface area contributed by atoms with Crippen molar-refractivity contribution >= 4 is 22.7 Å². The fraction of sp³-hybridized carbons (Fsp3) is 0.333. The maximum atomic E-state index is 11.4. The monoisotopic (exact) mass is 370 g/mol. The lowest BCUT2D eigenvalue weighted by molar-refractivity contribution is -0.163. The predicted molar refractivity (Wildman–Crippen MR) is 99.4 cm³/mol. The summed E-state index contributed by atoms with van der Waals surface area (Å²) in [5.41, 5.74) is 0.955. The number of carbonyl (C=O) groups excluding carboxylic acids is 2. The van der Waals surface area contributed by atoms with Crippen molar-refractivity contribution in [3.05, 3.63) is 54.1 Å². The molecule has 6 nitrogen and oxygen atoms in total. The standard InChI is InChI=1S/C21H22O6/c1-13(22)25-12-21-20(26-14(2)23)11-10-19(27-21)17-8-9-18(24-3)16-7-5-4-6-15(16)17/h4-11,19-21H,12H2,1-3H3/t19-,20+,21-/m1/s1. The van der Waals surface area contributed by atoms with E-state index in [1.54, 1.807) is 13.2 Å². The Labute approximate surface area is 157 Å². The fourth-order valence-corrected chi connectivity index (χ4v) is 3.18. The van der Waals surface area contributed by atoms with E-state index in [0.717, 1.165) is 22.1 Å². The van der Waals surface area contributed by atoms with Gasteiger partial charge >= 0.3 is 11.9 Å². The van der Waals surface area contributed by atoms with E-state index in [9.17, 15) is 9.59 Å². The van der Waals surface area contributed by atoms with Gasteiger partial charge in [-0.15, -0.1) is 0 Å². The molecule has 0 bridgehead atoms. The van der Waals surface area contributed by atoms with E-state index in [1.807, 2.05) is 42.5 Å². The van der Waals surface area contributed by atoms with Crippen LogP contribution in [-0.4, -0.2) is 37.9 Å². The molecule has 3 rings (SSSR count). The highest BCUT2D eigenvalue weighted by Gasteiger charge is 2.32. The molecule has 3 atom stereocenters. The quantitative estimate of drug-likeness (QED) is 0.594. The van der Waals surface area contributed by atoms with Gasteiger partial charge in [0.05, 0.1) is 7.11 Å². The van der Waals surface area contributed by atoms with Gasteiger partial charge in [0, 0.05) is 19.2 Å². The highest BCUT2D eigenvalue weighted by Crippen LogP contribution is 2.36. The average molecular weight is 370 g/mol. The summed E-state index contributed by atoms with van der Waals surface area (Å²) >= 11 is 0. The van der Waals surface area contributed by atoms with E-state index in [-0.39, 0.29) is 12.7 Å². The van der Waals surface area contributed by atoms with E-state index in [1.165, 1.54) is 13.8 Å². The van der Waals surface area contributed by atoms with Crippen LogP contribution >= 0.6 is 0 Å². The zero-order valence-electron chi connectivity index (χ0n) is 15.5. The molecule has 0 saturated heterocycles. The molecule has 2 aromatic rings. The molecule has 1 aliphatic heterocycles. The average Bonchev–Trinajstić information content (AvgIpc) is 2.66. The SMILES string of the molecule is COc1ccc([C@H]2C=C[C@H](OC(C)=O)[C@@H](COC(C)=O)O2)c2ccccc12. The molecule has 1 aliphatic rings. The maximum Gasteiger partial charge on any atom is 0.303 e. The highest BCUT2D eigenvalue weighted by molar-refractivity contribution is 5.91. The van der Waals surface area contributed by atoms with Crippen LogP contribution in [0.1, 0.15) is 25.5 Å². The van der Waals surface area contributed by atoms with Crippen molar-refractivity contribution < 1.29 is 28.5 Å². The Hall–Kier alpha value is -2.86. The summed E-state index contributed by atoms with van der Waals surface area (Å²) in [5, 5.41) is 1.98. The summed E-state index contributed by atoms with van der Waals surface area (Å²) in [6.07, 6.45) is 2.07. The van der Waals surface area contributed by atoms with Crippen LogP contribution in [0.3, 0.4) is 0 Å². The molecule has 0 saturated carbocycles. The molecule has 0 aromatic heterocycles. The first kappa shape index (κ1) is 18.9.